The molecule has 2 atom stereocenters. The zero-order chi connectivity index (χ0) is 14.4. The molecule has 20 heavy (non-hydrogen) atoms. The maximum absolute atomic E-state index is 5.71. The number of aromatic nitrogens is 3. The molecule has 1 fully saturated rings. The van der Waals surface area contributed by atoms with Gasteiger partial charge in [-0.15, -0.1) is 0 Å². The zero-order valence-corrected chi connectivity index (χ0v) is 12.4. The minimum atomic E-state index is 0.204. The van der Waals surface area contributed by atoms with Gasteiger partial charge in [0.25, 0.3) is 0 Å². The van der Waals surface area contributed by atoms with Crippen molar-refractivity contribution in [2.45, 2.75) is 58.4 Å². The quantitative estimate of drug-likeness (QED) is 0.806. The minimum Gasteiger partial charge on any atom is -0.463 e. The minimum absolute atomic E-state index is 0.204. The fourth-order valence-corrected chi connectivity index (χ4v) is 2.51. The van der Waals surface area contributed by atoms with Crippen molar-refractivity contribution in [1.29, 1.82) is 0 Å². The summed E-state index contributed by atoms with van der Waals surface area (Å²) in [6.45, 7) is 4.94. The van der Waals surface area contributed by atoms with Crippen molar-refractivity contribution in [1.82, 2.24) is 15.0 Å². The molecule has 0 saturated heterocycles. The van der Waals surface area contributed by atoms with E-state index >= 15 is 0 Å². The largest absolute Gasteiger partial charge is 0.463 e. The van der Waals surface area contributed by atoms with Crippen LogP contribution < -0.4 is 15.8 Å². The summed E-state index contributed by atoms with van der Waals surface area (Å²) >= 11 is 0. The van der Waals surface area contributed by atoms with Crippen LogP contribution in [0.2, 0.25) is 0 Å². The SMILES string of the molecule is CCCOc1nc(N)nc(NC2CCCC(C)CC2)n1. The Hall–Kier alpha value is -1.59. The molecule has 0 amide bonds. The molecule has 0 radical (unpaired) electrons. The van der Waals surface area contributed by atoms with Gasteiger partial charge in [-0.25, -0.2) is 0 Å². The molecule has 6 heteroatoms. The van der Waals surface area contributed by atoms with E-state index in [2.05, 4.69) is 27.2 Å². The normalized spacial score (nSPS) is 23.1. The van der Waals surface area contributed by atoms with Crippen molar-refractivity contribution in [3.63, 3.8) is 0 Å². The van der Waals surface area contributed by atoms with E-state index in [9.17, 15) is 0 Å². The smallest absolute Gasteiger partial charge is 0.323 e. The molecule has 1 aliphatic rings. The molecule has 1 aromatic heterocycles. The van der Waals surface area contributed by atoms with Gasteiger partial charge in [-0.1, -0.05) is 26.7 Å². The second-order valence-electron chi connectivity index (χ2n) is 5.60. The lowest BCUT2D eigenvalue weighted by Crippen LogP contribution is -2.21. The second-order valence-corrected chi connectivity index (χ2v) is 5.60. The fourth-order valence-electron chi connectivity index (χ4n) is 2.51. The van der Waals surface area contributed by atoms with Crippen LogP contribution in [-0.4, -0.2) is 27.6 Å². The van der Waals surface area contributed by atoms with E-state index in [0.29, 0.717) is 24.6 Å². The Morgan fingerprint density at radius 1 is 1.20 bits per heavy atom. The van der Waals surface area contributed by atoms with E-state index in [-0.39, 0.29) is 5.95 Å². The van der Waals surface area contributed by atoms with Crippen LogP contribution >= 0.6 is 0 Å². The topological polar surface area (TPSA) is 86.0 Å². The van der Waals surface area contributed by atoms with Gasteiger partial charge in [0.15, 0.2) is 0 Å². The maximum Gasteiger partial charge on any atom is 0.323 e. The van der Waals surface area contributed by atoms with Gasteiger partial charge in [0, 0.05) is 6.04 Å². The van der Waals surface area contributed by atoms with E-state index in [4.69, 9.17) is 10.5 Å². The van der Waals surface area contributed by atoms with Gasteiger partial charge in [-0.05, 0) is 31.6 Å². The van der Waals surface area contributed by atoms with Gasteiger partial charge in [-0.2, -0.15) is 15.0 Å². The highest BCUT2D eigenvalue weighted by Crippen LogP contribution is 2.24. The van der Waals surface area contributed by atoms with Crippen molar-refractivity contribution in [2.24, 2.45) is 5.92 Å². The number of anilines is 2. The van der Waals surface area contributed by atoms with Gasteiger partial charge in [0.1, 0.15) is 0 Å². The predicted octanol–water partition coefficient (Wildman–Crippen LogP) is 2.62. The standard InChI is InChI=1S/C14H25N5O/c1-3-9-20-14-18-12(15)17-13(19-14)16-11-6-4-5-10(2)7-8-11/h10-11H,3-9H2,1-2H3,(H3,15,16,17,18,19). The molecule has 2 rings (SSSR count). The Bertz CT molecular complexity index is 426. The Kier molecular flexibility index (Phi) is 5.38. The lowest BCUT2D eigenvalue weighted by atomic mass is 10.0. The van der Waals surface area contributed by atoms with Gasteiger partial charge in [0.2, 0.25) is 11.9 Å². The Labute approximate surface area is 120 Å². The van der Waals surface area contributed by atoms with Crippen LogP contribution in [0.15, 0.2) is 0 Å². The van der Waals surface area contributed by atoms with Crippen molar-refractivity contribution in [3.8, 4) is 6.01 Å². The summed E-state index contributed by atoms with van der Waals surface area (Å²) in [6.07, 6.45) is 7.02. The van der Waals surface area contributed by atoms with Crippen molar-refractivity contribution >= 4 is 11.9 Å². The molecule has 3 N–H and O–H groups in total. The second kappa shape index (κ2) is 7.26. The molecular weight excluding hydrogens is 254 g/mol. The zero-order valence-electron chi connectivity index (χ0n) is 12.4. The molecule has 1 saturated carbocycles. The third-order valence-electron chi connectivity index (χ3n) is 3.66. The van der Waals surface area contributed by atoms with Gasteiger partial charge in [-0.3, -0.25) is 0 Å². The summed E-state index contributed by atoms with van der Waals surface area (Å²) in [7, 11) is 0. The van der Waals surface area contributed by atoms with Crippen LogP contribution in [0.5, 0.6) is 6.01 Å². The van der Waals surface area contributed by atoms with E-state index in [1.165, 1.54) is 19.3 Å². The molecule has 112 valence electrons. The van der Waals surface area contributed by atoms with Crippen LogP contribution in [-0.2, 0) is 0 Å². The molecule has 0 bridgehead atoms. The van der Waals surface area contributed by atoms with E-state index in [1.807, 2.05) is 6.92 Å². The first kappa shape index (κ1) is 14.8. The van der Waals surface area contributed by atoms with Gasteiger partial charge in [0.05, 0.1) is 6.61 Å². The fraction of sp³-hybridized carbons (Fsp3) is 0.786. The summed E-state index contributed by atoms with van der Waals surface area (Å²) in [5.41, 5.74) is 5.71. The number of hydrogen-bond donors (Lipinski definition) is 2. The van der Waals surface area contributed by atoms with Crippen LogP contribution in [0.3, 0.4) is 0 Å². The highest BCUT2D eigenvalue weighted by atomic mass is 16.5. The monoisotopic (exact) mass is 279 g/mol. The summed E-state index contributed by atoms with van der Waals surface area (Å²) in [5, 5.41) is 3.38. The lowest BCUT2D eigenvalue weighted by molar-refractivity contribution is 0.292. The molecule has 1 aliphatic carbocycles. The first-order valence-electron chi connectivity index (χ1n) is 7.58. The highest BCUT2D eigenvalue weighted by molar-refractivity contribution is 5.33. The number of ether oxygens (including phenoxy) is 1. The van der Waals surface area contributed by atoms with Crippen LogP contribution in [0, 0.1) is 5.92 Å². The van der Waals surface area contributed by atoms with Crippen LogP contribution in [0.4, 0.5) is 11.9 Å². The maximum atomic E-state index is 5.71. The van der Waals surface area contributed by atoms with E-state index in [1.54, 1.807) is 0 Å². The summed E-state index contributed by atoms with van der Waals surface area (Å²) < 4.78 is 5.43. The van der Waals surface area contributed by atoms with Crippen molar-refractivity contribution in [3.05, 3.63) is 0 Å². The average molecular weight is 279 g/mol. The molecule has 0 aromatic carbocycles. The molecule has 1 aromatic rings. The predicted molar refractivity (Wildman–Crippen MR) is 79.7 cm³/mol. The van der Waals surface area contributed by atoms with Crippen molar-refractivity contribution < 1.29 is 4.74 Å². The molecule has 2 unspecified atom stereocenters. The van der Waals surface area contributed by atoms with Crippen molar-refractivity contribution in [2.75, 3.05) is 17.7 Å². The Morgan fingerprint density at radius 3 is 2.85 bits per heavy atom. The van der Waals surface area contributed by atoms with E-state index < -0.39 is 0 Å². The highest BCUT2D eigenvalue weighted by Gasteiger charge is 2.17. The summed E-state index contributed by atoms with van der Waals surface area (Å²) in [4.78, 5) is 12.4. The molecule has 0 aliphatic heterocycles. The Morgan fingerprint density at radius 2 is 2.05 bits per heavy atom. The number of nitrogens with one attached hydrogen (secondary N) is 1. The van der Waals surface area contributed by atoms with Gasteiger partial charge >= 0.3 is 6.01 Å². The summed E-state index contributed by atoms with van der Waals surface area (Å²) in [6, 6.07) is 0.726. The Balaban J connectivity index is 1.98. The first-order chi connectivity index (χ1) is 9.67. The molecule has 1 heterocycles. The first-order valence-corrected chi connectivity index (χ1v) is 7.58. The number of hydrogen-bond acceptors (Lipinski definition) is 6. The molecule has 6 nitrogen and oxygen atoms in total. The summed E-state index contributed by atoms with van der Waals surface area (Å²) in [5.74, 6) is 1.55. The number of rotatable bonds is 5. The number of nitrogens with two attached hydrogens (primary N) is 1. The number of nitrogens with zero attached hydrogens (tertiary/aromatic N) is 3. The third-order valence-corrected chi connectivity index (χ3v) is 3.66. The molecule has 0 spiro atoms. The van der Waals surface area contributed by atoms with Crippen LogP contribution in [0.1, 0.15) is 52.4 Å². The van der Waals surface area contributed by atoms with Gasteiger partial charge < -0.3 is 15.8 Å². The van der Waals surface area contributed by atoms with Crippen LogP contribution in [0.25, 0.3) is 0 Å². The lowest BCUT2D eigenvalue weighted by Gasteiger charge is -2.16. The average Bonchev–Trinajstić information content (AvgIpc) is 2.61. The third kappa shape index (κ3) is 4.51. The van der Waals surface area contributed by atoms with E-state index in [0.717, 1.165) is 25.2 Å². The molecular formula is C14H25N5O. The number of nitrogen functional groups attached to an aromatic ring is 1.